The Morgan fingerprint density at radius 2 is 1.62 bits per heavy atom. The smallest absolute Gasteiger partial charge is 0.321 e. The number of halogens is 1. The highest BCUT2D eigenvalue weighted by Crippen LogP contribution is 2.31. The molecular weight excluding hydrogens is 394 g/mol. The van der Waals surface area contributed by atoms with E-state index in [0.29, 0.717) is 67.2 Å². The molecule has 29 heavy (non-hydrogen) atoms. The van der Waals surface area contributed by atoms with Gasteiger partial charge in [0.2, 0.25) is 0 Å². The number of nitrogens with one attached hydrogen (secondary N) is 1. The maximum atomic E-state index is 12.8. The van der Waals surface area contributed by atoms with Crippen molar-refractivity contribution < 1.29 is 19.1 Å². The molecule has 7 nitrogen and oxygen atoms in total. The topological polar surface area (TPSA) is 71.1 Å². The Morgan fingerprint density at radius 3 is 2.34 bits per heavy atom. The Bertz CT molecular complexity index is 942. The molecule has 0 bridgehead atoms. The largest absolute Gasteiger partial charge is 0.486 e. The standard InChI is InChI=1S/C21H22ClN3O4/c1-14-2-4-16(13-17(14)22)23-21(27)25-8-6-24(7-9-25)20(26)15-3-5-18-19(12-15)29-11-10-28-18/h2-5,12-13H,6-11H2,1H3,(H,23,27). The molecule has 0 spiro atoms. The van der Waals surface area contributed by atoms with Crippen LogP contribution in [0.2, 0.25) is 5.02 Å². The van der Waals surface area contributed by atoms with Crippen molar-refractivity contribution in [1.29, 1.82) is 0 Å². The summed E-state index contributed by atoms with van der Waals surface area (Å²) in [7, 11) is 0. The van der Waals surface area contributed by atoms with Gasteiger partial charge in [0.15, 0.2) is 11.5 Å². The summed E-state index contributed by atoms with van der Waals surface area (Å²) in [6, 6.07) is 10.4. The molecule has 2 aromatic rings. The van der Waals surface area contributed by atoms with Crippen LogP contribution in [-0.2, 0) is 0 Å². The van der Waals surface area contributed by atoms with Gasteiger partial charge in [0, 0.05) is 42.5 Å². The van der Waals surface area contributed by atoms with Gasteiger partial charge >= 0.3 is 6.03 Å². The zero-order valence-corrected chi connectivity index (χ0v) is 16.9. The number of piperazine rings is 1. The second kappa shape index (κ2) is 8.21. The zero-order chi connectivity index (χ0) is 20.4. The summed E-state index contributed by atoms with van der Waals surface area (Å²) >= 11 is 6.11. The molecular formula is C21H22ClN3O4. The number of urea groups is 1. The number of hydrogen-bond donors (Lipinski definition) is 1. The zero-order valence-electron chi connectivity index (χ0n) is 16.1. The van der Waals surface area contributed by atoms with Crippen LogP contribution in [0.15, 0.2) is 36.4 Å². The summed E-state index contributed by atoms with van der Waals surface area (Å²) in [5, 5.41) is 3.47. The highest BCUT2D eigenvalue weighted by Gasteiger charge is 2.26. The lowest BCUT2D eigenvalue weighted by atomic mass is 10.1. The molecule has 0 aliphatic carbocycles. The van der Waals surface area contributed by atoms with Gasteiger partial charge < -0.3 is 24.6 Å². The first kappa shape index (κ1) is 19.4. The van der Waals surface area contributed by atoms with Crippen LogP contribution in [0.4, 0.5) is 10.5 Å². The number of aryl methyl sites for hydroxylation is 1. The lowest BCUT2D eigenvalue weighted by Gasteiger charge is -2.35. The van der Waals surface area contributed by atoms with Crippen LogP contribution in [0, 0.1) is 6.92 Å². The highest BCUT2D eigenvalue weighted by molar-refractivity contribution is 6.31. The third kappa shape index (κ3) is 4.24. The van der Waals surface area contributed by atoms with Gasteiger partial charge in [-0.25, -0.2) is 4.79 Å². The van der Waals surface area contributed by atoms with Crippen LogP contribution in [0.25, 0.3) is 0 Å². The maximum absolute atomic E-state index is 12.8. The highest BCUT2D eigenvalue weighted by atomic mass is 35.5. The van der Waals surface area contributed by atoms with E-state index in [9.17, 15) is 9.59 Å². The molecule has 0 saturated carbocycles. The van der Waals surface area contributed by atoms with Gasteiger partial charge in [-0.15, -0.1) is 0 Å². The SMILES string of the molecule is Cc1ccc(NC(=O)N2CCN(C(=O)c3ccc4c(c3)OCCO4)CC2)cc1Cl. The quantitative estimate of drug-likeness (QED) is 0.815. The van der Waals surface area contributed by atoms with Crippen LogP contribution in [0.1, 0.15) is 15.9 Å². The van der Waals surface area contributed by atoms with Gasteiger partial charge in [0.05, 0.1) is 0 Å². The molecule has 2 heterocycles. The van der Waals surface area contributed by atoms with E-state index in [1.165, 1.54) is 0 Å². The van der Waals surface area contributed by atoms with Crippen molar-refractivity contribution in [1.82, 2.24) is 9.80 Å². The summed E-state index contributed by atoms with van der Waals surface area (Å²) in [5.74, 6) is 1.18. The first-order chi connectivity index (χ1) is 14.0. The van der Waals surface area contributed by atoms with Crippen molar-refractivity contribution in [2.75, 3.05) is 44.7 Å². The van der Waals surface area contributed by atoms with Crippen molar-refractivity contribution in [2.24, 2.45) is 0 Å². The number of amides is 3. The summed E-state index contributed by atoms with van der Waals surface area (Å²) in [6.07, 6.45) is 0. The minimum absolute atomic E-state index is 0.0765. The second-order valence-electron chi connectivity index (χ2n) is 7.03. The molecule has 1 N–H and O–H groups in total. The van der Waals surface area contributed by atoms with E-state index < -0.39 is 0 Å². The fourth-order valence-corrected chi connectivity index (χ4v) is 3.53. The van der Waals surface area contributed by atoms with Crippen molar-refractivity contribution in [3.8, 4) is 11.5 Å². The molecule has 2 aliphatic heterocycles. The van der Waals surface area contributed by atoms with Gasteiger partial charge in [-0.3, -0.25) is 4.79 Å². The predicted molar refractivity (Wildman–Crippen MR) is 110 cm³/mol. The van der Waals surface area contributed by atoms with E-state index in [1.807, 2.05) is 19.1 Å². The molecule has 0 radical (unpaired) electrons. The van der Waals surface area contributed by atoms with E-state index in [-0.39, 0.29) is 11.9 Å². The van der Waals surface area contributed by atoms with Gasteiger partial charge in [-0.05, 0) is 42.8 Å². The molecule has 1 fully saturated rings. The third-order valence-electron chi connectivity index (χ3n) is 5.07. The van der Waals surface area contributed by atoms with Gasteiger partial charge in [-0.1, -0.05) is 17.7 Å². The maximum Gasteiger partial charge on any atom is 0.321 e. The van der Waals surface area contributed by atoms with E-state index in [0.717, 1.165) is 5.56 Å². The first-order valence-electron chi connectivity index (χ1n) is 9.52. The Labute approximate surface area is 174 Å². The summed E-state index contributed by atoms with van der Waals surface area (Å²) < 4.78 is 11.1. The molecule has 0 unspecified atom stereocenters. The van der Waals surface area contributed by atoms with Gasteiger partial charge in [0.1, 0.15) is 13.2 Å². The summed E-state index contributed by atoms with van der Waals surface area (Å²) in [6.45, 7) is 4.75. The Morgan fingerprint density at radius 1 is 0.931 bits per heavy atom. The van der Waals surface area contributed by atoms with E-state index in [1.54, 1.807) is 34.1 Å². The molecule has 2 aromatic carbocycles. The van der Waals surface area contributed by atoms with Crippen LogP contribution in [0.3, 0.4) is 0 Å². The second-order valence-corrected chi connectivity index (χ2v) is 7.44. The molecule has 0 aromatic heterocycles. The number of benzene rings is 2. The Balaban J connectivity index is 1.34. The molecule has 0 atom stereocenters. The number of ether oxygens (including phenoxy) is 2. The van der Waals surface area contributed by atoms with Crippen molar-refractivity contribution in [3.05, 3.63) is 52.5 Å². The Kier molecular flexibility index (Phi) is 5.49. The number of nitrogens with zero attached hydrogens (tertiary/aromatic N) is 2. The monoisotopic (exact) mass is 415 g/mol. The molecule has 152 valence electrons. The van der Waals surface area contributed by atoms with Gasteiger partial charge in [-0.2, -0.15) is 0 Å². The normalized spacial score (nSPS) is 15.8. The van der Waals surface area contributed by atoms with Crippen LogP contribution in [0.5, 0.6) is 11.5 Å². The van der Waals surface area contributed by atoms with Crippen molar-refractivity contribution >= 4 is 29.2 Å². The summed E-state index contributed by atoms with van der Waals surface area (Å²) in [5.41, 5.74) is 2.16. The van der Waals surface area contributed by atoms with E-state index in [2.05, 4.69) is 5.32 Å². The van der Waals surface area contributed by atoms with Crippen LogP contribution >= 0.6 is 11.6 Å². The number of fused-ring (bicyclic) bond motifs is 1. The van der Waals surface area contributed by atoms with Crippen LogP contribution in [-0.4, -0.2) is 61.1 Å². The average molecular weight is 416 g/mol. The number of hydrogen-bond acceptors (Lipinski definition) is 4. The van der Waals surface area contributed by atoms with Gasteiger partial charge in [0.25, 0.3) is 5.91 Å². The number of carbonyl (C=O) groups excluding carboxylic acids is 2. The summed E-state index contributed by atoms with van der Waals surface area (Å²) in [4.78, 5) is 28.8. The van der Waals surface area contributed by atoms with Crippen LogP contribution < -0.4 is 14.8 Å². The predicted octanol–water partition coefficient (Wildman–Crippen LogP) is 3.41. The third-order valence-corrected chi connectivity index (χ3v) is 5.47. The van der Waals surface area contributed by atoms with Crippen molar-refractivity contribution in [2.45, 2.75) is 6.92 Å². The van der Waals surface area contributed by atoms with E-state index >= 15 is 0 Å². The molecule has 2 aliphatic rings. The molecule has 3 amide bonds. The number of rotatable bonds is 2. The number of anilines is 1. The average Bonchev–Trinajstić information content (AvgIpc) is 2.75. The lowest BCUT2D eigenvalue weighted by molar-refractivity contribution is 0.0670. The minimum Gasteiger partial charge on any atom is -0.486 e. The number of carbonyl (C=O) groups is 2. The lowest BCUT2D eigenvalue weighted by Crippen LogP contribution is -2.51. The minimum atomic E-state index is -0.198. The molecule has 8 heteroatoms. The fraction of sp³-hybridized carbons (Fsp3) is 0.333. The van der Waals surface area contributed by atoms with E-state index in [4.69, 9.17) is 21.1 Å². The van der Waals surface area contributed by atoms with Crippen molar-refractivity contribution in [3.63, 3.8) is 0 Å². The fourth-order valence-electron chi connectivity index (χ4n) is 3.34. The molecule has 1 saturated heterocycles. The Hall–Kier alpha value is -2.93. The first-order valence-corrected chi connectivity index (χ1v) is 9.90. The molecule has 4 rings (SSSR count).